The summed E-state index contributed by atoms with van der Waals surface area (Å²) in [6.07, 6.45) is 7.00. The lowest BCUT2D eigenvalue weighted by Gasteiger charge is -2.39. The molecule has 1 aliphatic carbocycles. The lowest BCUT2D eigenvalue weighted by molar-refractivity contribution is -0.154. The number of fused-ring (bicyclic) bond motifs is 1. The largest absolute Gasteiger partial charge is 0.378 e. The molecule has 8 nitrogen and oxygen atoms in total. The molecule has 0 aromatic heterocycles. The van der Waals surface area contributed by atoms with Crippen molar-refractivity contribution >= 4 is 23.6 Å². The third kappa shape index (κ3) is 4.47. The Morgan fingerprint density at radius 1 is 1.00 bits per heavy atom. The van der Waals surface area contributed by atoms with Crippen molar-refractivity contribution in [3.63, 3.8) is 0 Å². The smallest absolute Gasteiger partial charge is 0.245 e. The molecular weight excluding hydrogens is 410 g/mol. The first-order valence-electron chi connectivity index (χ1n) is 12.1. The lowest BCUT2D eigenvalue weighted by Crippen LogP contribution is -2.55. The van der Waals surface area contributed by atoms with Crippen LogP contribution in [0.4, 0.5) is 0 Å². The monoisotopic (exact) mass is 445 g/mol. The minimum absolute atomic E-state index is 0.0802. The van der Waals surface area contributed by atoms with Crippen LogP contribution in [0.1, 0.15) is 46.0 Å². The number of carbonyl (C=O) groups excluding carboxylic acids is 4. The van der Waals surface area contributed by atoms with Crippen molar-refractivity contribution in [3.05, 3.63) is 12.2 Å². The Morgan fingerprint density at radius 2 is 1.62 bits per heavy atom. The second kappa shape index (κ2) is 9.73. The molecule has 4 atom stereocenters. The summed E-state index contributed by atoms with van der Waals surface area (Å²) in [5.41, 5.74) is 0. The van der Waals surface area contributed by atoms with Crippen LogP contribution in [0.3, 0.4) is 0 Å². The molecule has 8 heteroatoms. The number of piperidine rings is 1. The fourth-order valence-electron chi connectivity index (χ4n) is 5.53. The van der Waals surface area contributed by atoms with E-state index in [-0.39, 0.29) is 47.3 Å². The number of ether oxygens (including phenoxy) is 1. The minimum atomic E-state index is -0.780. The van der Waals surface area contributed by atoms with Crippen molar-refractivity contribution in [3.8, 4) is 0 Å². The summed E-state index contributed by atoms with van der Waals surface area (Å²) < 4.78 is 5.35. The number of allylic oxidation sites excluding steroid dienone is 2. The number of hydrogen-bond donors (Lipinski definition) is 0. The van der Waals surface area contributed by atoms with E-state index in [1.807, 2.05) is 30.9 Å². The van der Waals surface area contributed by atoms with E-state index >= 15 is 0 Å². The Kier molecular flexibility index (Phi) is 6.98. The molecular formula is C24H35N3O5. The summed E-state index contributed by atoms with van der Waals surface area (Å²) in [6, 6.07) is -0.780. The van der Waals surface area contributed by atoms with Crippen molar-refractivity contribution in [2.45, 2.75) is 52.0 Å². The van der Waals surface area contributed by atoms with Gasteiger partial charge in [-0.2, -0.15) is 0 Å². The number of amides is 4. The van der Waals surface area contributed by atoms with Gasteiger partial charge in [0.25, 0.3) is 0 Å². The molecule has 4 amide bonds. The molecule has 3 saturated heterocycles. The Balaban J connectivity index is 1.49. The third-order valence-corrected chi connectivity index (χ3v) is 7.24. The normalized spacial score (nSPS) is 29.5. The van der Waals surface area contributed by atoms with Crippen LogP contribution in [-0.2, 0) is 23.9 Å². The molecule has 0 spiro atoms. The SMILES string of the molecule is CC(C)CC(C(=O)N1CCCC(C(=O)N2CCOCC2)C1)N1C(=O)C2CC=CCC2C1=O. The van der Waals surface area contributed by atoms with Gasteiger partial charge in [-0.15, -0.1) is 0 Å². The highest BCUT2D eigenvalue weighted by atomic mass is 16.5. The first-order valence-corrected chi connectivity index (χ1v) is 12.1. The zero-order valence-corrected chi connectivity index (χ0v) is 19.2. The van der Waals surface area contributed by atoms with E-state index in [1.165, 1.54) is 4.90 Å². The molecule has 0 bridgehead atoms. The second-order valence-corrected chi connectivity index (χ2v) is 9.91. The molecule has 32 heavy (non-hydrogen) atoms. The van der Waals surface area contributed by atoms with Crippen LogP contribution in [0.5, 0.6) is 0 Å². The maximum absolute atomic E-state index is 13.7. The summed E-state index contributed by atoms with van der Waals surface area (Å²) in [5.74, 6) is -1.28. The van der Waals surface area contributed by atoms with Crippen LogP contribution in [0.25, 0.3) is 0 Å². The first-order chi connectivity index (χ1) is 15.4. The van der Waals surface area contributed by atoms with Gasteiger partial charge in [0.05, 0.1) is 31.0 Å². The standard InChI is InChI=1S/C24H35N3O5/c1-16(2)14-20(27-22(29)18-7-3-4-8-19(18)23(27)30)24(31)26-9-5-6-17(15-26)21(28)25-10-12-32-13-11-25/h3-4,16-20H,5-15H2,1-2H3. The molecule has 4 unspecified atom stereocenters. The van der Waals surface area contributed by atoms with Gasteiger partial charge in [-0.05, 0) is 38.0 Å². The van der Waals surface area contributed by atoms with E-state index in [9.17, 15) is 19.2 Å². The number of hydrogen-bond acceptors (Lipinski definition) is 5. The van der Waals surface area contributed by atoms with Crippen LogP contribution in [0, 0.1) is 23.7 Å². The van der Waals surface area contributed by atoms with Gasteiger partial charge >= 0.3 is 0 Å². The highest BCUT2D eigenvalue weighted by Crippen LogP contribution is 2.37. The maximum Gasteiger partial charge on any atom is 0.245 e. The van der Waals surface area contributed by atoms with Gasteiger partial charge in [-0.25, -0.2) is 0 Å². The second-order valence-electron chi connectivity index (χ2n) is 9.91. The van der Waals surface area contributed by atoms with E-state index in [0.29, 0.717) is 58.7 Å². The molecule has 3 fully saturated rings. The van der Waals surface area contributed by atoms with Crippen LogP contribution in [-0.4, -0.2) is 83.8 Å². The Hall–Kier alpha value is -2.22. The van der Waals surface area contributed by atoms with Crippen molar-refractivity contribution < 1.29 is 23.9 Å². The molecule has 176 valence electrons. The van der Waals surface area contributed by atoms with Gasteiger partial charge in [0.1, 0.15) is 6.04 Å². The van der Waals surface area contributed by atoms with Gasteiger partial charge in [0, 0.05) is 26.2 Å². The van der Waals surface area contributed by atoms with Gasteiger partial charge in [-0.1, -0.05) is 26.0 Å². The average Bonchev–Trinajstić information content (AvgIpc) is 3.07. The molecule has 0 aromatic carbocycles. The maximum atomic E-state index is 13.7. The highest BCUT2D eigenvalue weighted by molar-refractivity contribution is 6.08. The quantitative estimate of drug-likeness (QED) is 0.472. The number of likely N-dealkylation sites (tertiary alicyclic amines) is 2. The average molecular weight is 446 g/mol. The first kappa shape index (κ1) is 23.0. The fraction of sp³-hybridized carbons (Fsp3) is 0.750. The van der Waals surface area contributed by atoms with E-state index in [0.717, 1.165) is 12.8 Å². The molecule has 0 aromatic rings. The van der Waals surface area contributed by atoms with Gasteiger partial charge in [-0.3, -0.25) is 24.1 Å². The molecule has 0 N–H and O–H groups in total. The Morgan fingerprint density at radius 3 is 2.22 bits per heavy atom. The van der Waals surface area contributed by atoms with Crippen LogP contribution in [0.15, 0.2) is 12.2 Å². The summed E-state index contributed by atoms with van der Waals surface area (Å²) in [6.45, 7) is 7.20. The summed E-state index contributed by atoms with van der Waals surface area (Å²) in [7, 11) is 0. The molecule has 4 aliphatic rings. The number of rotatable bonds is 5. The number of morpholine rings is 1. The lowest BCUT2D eigenvalue weighted by atomic mass is 9.85. The van der Waals surface area contributed by atoms with Gasteiger partial charge < -0.3 is 14.5 Å². The van der Waals surface area contributed by atoms with Crippen molar-refractivity contribution in [2.75, 3.05) is 39.4 Å². The van der Waals surface area contributed by atoms with E-state index < -0.39 is 6.04 Å². The van der Waals surface area contributed by atoms with Crippen molar-refractivity contribution in [2.24, 2.45) is 23.7 Å². The summed E-state index contributed by atoms with van der Waals surface area (Å²) in [4.78, 5) is 57.9. The Bertz CT molecular complexity index is 763. The van der Waals surface area contributed by atoms with Crippen molar-refractivity contribution in [1.82, 2.24) is 14.7 Å². The third-order valence-electron chi connectivity index (χ3n) is 7.24. The predicted octanol–water partition coefficient (Wildman–Crippen LogP) is 1.45. The van der Waals surface area contributed by atoms with Crippen LogP contribution in [0.2, 0.25) is 0 Å². The summed E-state index contributed by atoms with van der Waals surface area (Å²) in [5, 5.41) is 0. The number of imide groups is 1. The topological polar surface area (TPSA) is 87.2 Å². The molecule has 4 rings (SSSR count). The molecule has 3 aliphatic heterocycles. The number of nitrogens with zero attached hydrogens (tertiary/aromatic N) is 3. The zero-order chi connectivity index (χ0) is 22.8. The van der Waals surface area contributed by atoms with E-state index in [2.05, 4.69) is 0 Å². The van der Waals surface area contributed by atoms with Gasteiger partial charge in [0.2, 0.25) is 23.6 Å². The Labute approximate surface area is 189 Å². The molecule has 0 radical (unpaired) electrons. The van der Waals surface area contributed by atoms with E-state index in [1.54, 1.807) is 4.90 Å². The van der Waals surface area contributed by atoms with Crippen LogP contribution >= 0.6 is 0 Å². The molecule has 3 heterocycles. The van der Waals surface area contributed by atoms with Crippen LogP contribution < -0.4 is 0 Å². The molecule has 0 saturated carbocycles. The fourth-order valence-corrected chi connectivity index (χ4v) is 5.53. The number of carbonyl (C=O) groups is 4. The van der Waals surface area contributed by atoms with Crippen molar-refractivity contribution in [1.29, 1.82) is 0 Å². The zero-order valence-electron chi connectivity index (χ0n) is 19.2. The predicted molar refractivity (Wildman–Crippen MR) is 117 cm³/mol. The highest BCUT2D eigenvalue weighted by Gasteiger charge is 2.52. The van der Waals surface area contributed by atoms with Gasteiger partial charge in [0.15, 0.2) is 0 Å². The summed E-state index contributed by atoms with van der Waals surface area (Å²) >= 11 is 0. The minimum Gasteiger partial charge on any atom is -0.378 e. The van der Waals surface area contributed by atoms with E-state index in [4.69, 9.17) is 4.74 Å².